The number of carboxylic acids is 1. The Labute approximate surface area is 99.3 Å². The Morgan fingerprint density at radius 3 is 2.50 bits per heavy atom. The van der Waals surface area contributed by atoms with Gasteiger partial charge in [0.25, 0.3) is 0 Å². The minimum Gasteiger partial charge on any atom is -0.476 e. The number of hydrogen-bond donors (Lipinski definition) is 1. The van der Waals surface area contributed by atoms with E-state index in [4.69, 9.17) is 5.11 Å². The lowest BCUT2D eigenvalue weighted by Crippen LogP contribution is -2.05. The van der Waals surface area contributed by atoms with Crippen molar-refractivity contribution in [3.8, 4) is 5.69 Å². The predicted octanol–water partition coefficient (Wildman–Crippen LogP) is 2.30. The molecule has 94 valence electrons. The van der Waals surface area contributed by atoms with Crippen molar-refractivity contribution in [2.45, 2.75) is 6.92 Å². The van der Waals surface area contributed by atoms with Crippen molar-refractivity contribution >= 4 is 5.97 Å². The second-order valence-corrected chi connectivity index (χ2v) is 3.60. The predicted molar refractivity (Wildman–Crippen MR) is 55.1 cm³/mol. The van der Waals surface area contributed by atoms with Gasteiger partial charge in [-0.1, -0.05) is 0 Å². The zero-order chi connectivity index (χ0) is 13.4. The number of rotatable bonds is 2. The van der Waals surface area contributed by atoms with E-state index in [9.17, 15) is 18.0 Å². The van der Waals surface area contributed by atoms with Crippen molar-refractivity contribution in [2.24, 2.45) is 0 Å². The smallest absolute Gasteiger partial charge is 0.356 e. The molecule has 0 saturated heterocycles. The summed E-state index contributed by atoms with van der Waals surface area (Å²) in [5.41, 5.74) is -0.352. The first-order chi connectivity index (χ1) is 8.41. The van der Waals surface area contributed by atoms with Crippen LogP contribution in [0.4, 0.5) is 13.2 Å². The van der Waals surface area contributed by atoms with Crippen LogP contribution in [0.25, 0.3) is 5.69 Å². The molecule has 0 radical (unpaired) electrons. The number of halogens is 3. The second kappa shape index (κ2) is 4.17. The number of carbonyl (C=O) groups is 1. The molecule has 0 bridgehead atoms. The maximum Gasteiger partial charge on any atom is 0.356 e. The Morgan fingerprint density at radius 1 is 1.28 bits per heavy atom. The van der Waals surface area contributed by atoms with Gasteiger partial charge in [-0.3, -0.25) is 0 Å². The summed E-state index contributed by atoms with van der Waals surface area (Å²) in [6.07, 6.45) is 1.22. The fourth-order valence-electron chi connectivity index (χ4n) is 1.49. The molecule has 18 heavy (non-hydrogen) atoms. The van der Waals surface area contributed by atoms with Crippen LogP contribution in [0.1, 0.15) is 16.1 Å². The zero-order valence-corrected chi connectivity index (χ0v) is 9.12. The number of aromatic carboxylic acids is 1. The molecule has 0 aliphatic heterocycles. The molecule has 1 aromatic heterocycles. The maximum atomic E-state index is 13.5. The molecule has 1 N–H and O–H groups in total. The van der Waals surface area contributed by atoms with Crippen molar-refractivity contribution in [1.29, 1.82) is 0 Å². The number of benzene rings is 1. The summed E-state index contributed by atoms with van der Waals surface area (Å²) in [6.45, 7) is 1.46. The zero-order valence-electron chi connectivity index (χ0n) is 9.12. The first kappa shape index (κ1) is 12.2. The van der Waals surface area contributed by atoms with Crippen molar-refractivity contribution < 1.29 is 23.1 Å². The highest BCUT2D eigenvalue weighted by atomic mass is 19.2. The van der Waals surface area contributed by atoms with Gasteiger partial charge in [0, 0.05) is 11.8 Å². The molecular weight excluding hydrogens is 249 g/mol. The van der Waals surface area contributed by atoms with Crippen LogP contribution < -0.4 is 0 Å². The highest BCUT2D eigenvalue weighted by molar-refractivity contribution is 5.86. The molecule has 4 nitrogen and oxygen atoms in total. The summed E-state index contributed by atoms with van der Waals surface area (Å²) in [6, 6.07) is 1.72. The van der Waals surface area contributed by atoms with Crippen molar-refractivity contribution in [3.63, 3.8) is 0 Å². The van der Waals surface area contributed by atoms with Gasteiger partial charge in [-0.15, -0.1) is 0 Å². The van der Waals surface area contributed by atoms with Gasteiger partial charge < -0.3 is 5.11 Å². The van der Waals surface area contributed by atoms with Crippen LogP contribution in [-0.4, -0.2) is 20.9 Å². The fraction of sp³-hybridized carbons (Fsp3) is 0.0909. The van der Waals surface area contributed by atoms with Crippen LogP contribution in [0.5, 0.6) is 0 Å². The number of hydrogen-bond acceptors (Lipinski definition) is 2. The van der Waals surface area contributed by atoms with Gasteiger partial charge in [-0.05, 0) is 19.1 Å². The summed E-state index contributed by atoms with van der Waals surface area (Å²) >= 11 is 0. The third kappa shape index (κ3) is 1.83. The molecule has 0 unspecified atom stereocenters. The molecule has 0 aliphatic carbocycles. The van der Waals surface area contributed by atoms with Gasteiger partial charge in [0.2, 0.25) is 0 Å². The molecule has 7 heteroatoms. The van der Waals surface area contributed by atoms with E-state index in [0.717, 1.165) is 16.8 Å². The van der Waals surface area contributed by atoms with E-state index in [-0.39, 0.29) is 16.9 Å². The summed E-state index contributed by atoms with van der Waals surface area (Å²) in [7, 11) is 0. The lowest BCUT2D eigenvalue weighted by atomic mass is 10.2. The van der Waals surface area contributed by atoms with E-state index in [1.165, 1.54) is 13.1 Å². The second-order valence-electron chi connectivity index (χ2n) is 3.60. The molecule has 2 rings (SSSR count). The standard InChI is InChI=1S/C11H7F3N2O2/c1-5-4-16(15-10(5)11(17)18)7-3-2-6(12)8(13)9(7)14/h2-4H,1H3,(H,17,18). The number of carboxylic acid groups (broad SMARTS) is 1. The van der Waals surface area contributed by atoms with Crippen molar-refractivity contribution in [1.82, 2.24) is 9.78 Å². The van der Waals surface area contributed by atoms with Crippen LogP contribution in [0.3, 0.4) is 0 Å². The van der Waals surface area contributed by atoms with E-state index in [2.05, 4.69) is 5.10 Å². The highest BCUT2D eigenvalue weighted by Crippen LogP contribution is 2.19. The van der Waals surface area contributed by atoms with Crippen LogP contribution in [0, 0.1) is 24.4 Å². The molecule has 0 saturated carbocycles. The van der Waals surface area contributed by atoms with E-state index in [0.29, 0.717) is 0 Å². The van der Waals surface area contributed by atoms with Crippen LogP contribution >= 0.6 is 0 Å². The lowest BCUT2D eigenvalue weighted by molar-refractivity contribution is 0.0689. The molecule has 0 amide bonds. The van der Waals surface area contributed by atoms with Crippen LogP contribution in [-0.2, 0) is 0 Å². The molecule has 1 heterocycles. The topological polar surface area (TPSA) is 55.1 Å². The number of nitrogens with zero attached hydrogens (tertiary/aromatic N) is 2. The average Bonchev–Trinajstić information content (AvgIpc) is 2.68. The van der Waals surface area contributed by atoms with Gasteiger partial charge in [0.1, 0.15) is 5.69 Å². The molecule has 0 aliphatic rings. The summed E-state index contributed by atoms with van der Waals surface area (Å²) in [5, 5.41) is 12.4. The minimum atomic E-state index is -1.63. The maximum absolute atomic E-state index is 13.5. The minimum absolute atomic E-state index is 0.279. The molecule has 2 aromatic rings. The normalized spacial score (nSPS) is 10.7. The first-order valence-corrected chi connectivity index (χ1v) is 4.85. The van der Waals surface area contributed by atoms with E-state index >= 15 is 0 Å². The van der Waals surface area contributed by atoms with Crippen LogP contribution in [0.2, 0.25) is 0 Å². The molecule has 0 fully saturated rings. The van der Waals surface area contributed by atoms with Crippen molar-refractivity contribution in [2.75, 3.05) is 0 Å². The number of aryl methyl sites for hydroxylation is 1. The Morgan fingerprint density at radius 2 is 1.94 bits per heavy atom. The Hall–Kier alpha value is -2.31. The number of aromatic nitrogens is 2. The first-order valence-electron chi connectivity index (χ1n) is 4.85. The van der Waals surface area contributed by atoms with E-state index in [1.807, 2.05) is 0 Å². The summed E-state index contributed by atoms with van der Waals surface area (Å²) in [4.78, 5) is 10.8. The molecule has 1 aromatic carbocycles. The van der Waals surface area contributed by atoms with E-state index in [1.54, 1.807) is 0 Å². The molecule has 0 atom stereocenters. The third-order valence-corrected chi connectivity index (χ3v) is 2.36. The van der Waals surface area contributed by atoms with Crippen molar-refractivity contribution in [3.05, 3.63) is 47.0 Å². The van der Waals surface area contributed by atoms with Crippen LogP contribution in [0.15, 0.2) is 18.3 Å². The van der Waals surface area contributed by atoms with Gasteiger partial charge >= 0.3 is 5.97 Å². The average molecular weight is 256 g/mol. The van der Waals surface area contributed by atoms with Gasteiger partial charge in [0.15, 0.2) is 23.1 Å². The third-order valence-electron chi connectivity index (χ3n) is 2.36. The summed E-state index contributed by atoms with van der Waals surface area (Å²) < 4.78 is 40.1. The SMILES string of the molecule is Cc1cn(-c2ccc(F)c(F)c2F)nc1C(=O)O. The quantitative estimate of drug-likeness (QED) is 0.839. The van der Waals surface area contributed by atoms with Gasteiger partial charge in [-0.2, -0.15) is 5.10 Å². The highest BCUT2D eigenvalue weighted by Gasteiger charge is 2.18. The largest absolute Gasteiger partial charge is 0.476 e. The Bertz CT molecular complexity index is 637. The van der Waals surface area contributed by atoms with Gasteiger partial charge in [0.05, 0.1) is 0 Å². The van der Waals surface area contributed by atoms with Gasteiger partial charge in [-0.25, -0.2) is 22.6 Å². The molecule has 0 spiro atoms. The fourth-order valence-corrected chi connectivity index (χ4v) is 1.49. The summed E-state index contributed by atoms with van der Waals surface area (Å²) in [5.74, 6) is -5.65. The Kier molecular flexibility index (Phi) is 2.82. The Balaban J connectivity index is 2.60. The monoisotopic (exact) mass is 256 g/mol. The lowest BCUT2D eigenvalue weighted by Gasteiger charge is -2.04. The molecular formula is C11H7F3N2O2. The van der Waals surface area contributed by atoms with E-state index < -0.39 is 23.4 Å².